The lowest BCUT2D eigenvalue weighted by molar-refractivity contribution is -0.142. The molecule has 1 aromatic heterocycles. The van der Waals surface area contributed by atoms with Gasteiger partial charge in [0, 0.05) is 11.6 Å². The summed E-state index contributed by atoms with van der Waals surface area (Å²) < 4.78 is 44.9. The van der Waals surface area contributed by atoms with Gasteiger partial charge in [-0.25, -0.2) is 0 Å². The van der Waals surface area contributed by atoms with Crippen LogP contribution >= 0.6 is 23.2 Å². The Bertz CT molecular complexity index is 954. The van der Waals surface area contributed by atoms with E-state index in [9.17, 15) is 23.4 Å². The molecule has 3 aromatic rings. The van der Waals surface area contributed by atoms with Crippen LogP contribution in [0.1, 0.15) is 5.69 Å². The molecule has 0 aliphatic rings. The first-order chi connectivity index (χ1) is 11.7. The monoisotopic (exact) mass is 389 g/mol. The van der Waals surface area contributed by atoms with Gasteiger partial charge in [0.25, 0.3) is 0 Å². The fraction of sp³-hybridized carbons (Fsp3) is 0.0625. The van der Waals surface area contributed by atoms with Crippen LogP contribution in [0.4, 0.5) is 13.2 Å². The van der Waals surface area contributed by atoms with E-state index < -0.39 is 23.2 Å². The number of hydrogen-bond acceptors (Lipinski definition) is 4. The van der Waals surface area contributed by atoms with Gasteiger partial charge < -0.3 is 14.7 Å². The minimum absolute atomic E-state index is 0.0503. The maximum absolute atomic E-state index is 13.4. The van der Waals surface area contributed by atoms with Gasteiger partial charge >= 0.3 is 6.18 Å². The maximum atomic E-state index is 13.4. The first-order valence-electron chi connectivity index (χ1n) is 6.73. The van der Waals surface area contributed by atoms with Crippen molar-refractivity contribution in [1.82, 2.24) is 5.16 Å². The van der Waals surface area contributed by atoms with Crippen molar-refractivity contribution in [2.75, 3.05) is 0 Å². The highest BCUT2D eigenvalue weighted by Crippen LogP contribution is 2.47. The maximum Gasteiger partial charge on any atom is 0.437 e. The van der Waals surface area contributed by atoms with Gasteiger partial charge in [0.2, 0.25) is 0 Å². The smallest absolute Gasteiger partial charge is 0.437 e. The lowest BCUT2D eigenvalue weighted by Crippen LogP contribution is -2.07. The molecule has 0 spiro atoms. The zero-order valence-electron chi connectivity index (χ0n) is 12.1. The Balaban J connectivity index is 2.35. The molecule has 1 heterocycles. The zero-order valence-corrected chi connectivity index (χ0v) is 13.6. The van der Waals surface area contributed by atoms with E-state index in [0.717, 1.165) is 6.07 Å². The number of benzene rings is 2. The molecule has 4 nitrogen and oxygen atoms in total. The molecule has 2 N–H and O–H groups in total. The highest BCUT2D eigenvalue weighted by Gasteiger charge is 2.41. The number of nitrogens with zero attached hydrogens (tertiary/aromatic N) is 1. The summed E-state index contributed by atoms with van der Waals surface area (Å²) >= 11 is 12.0. The Morgan fingerprint density at radius 1 is 1.00 bits per heavy atom. The summed E-state index contributed by atoms with van der Waals surface area (Å²) in [5, 5.41) is 22.4. The second-order valence-electron chi connectivity index (χ2n) is 5.04. The van der Waals surface area contributed by atoms with E-state index in [0.29, 0.717) is 0 Å². The molecule has 0 atom stereocenters. The molecule has 0 fully saturated rings. The molecule has 25 heavy (non-hydrogen) atoms. The average molecular weight is 390 g/mol. The minimum Gasteiger partial charge on any atom is -0.508 e. The van der Waals surface area contributed by atoms with Crippen molar-refractivity contribution in [2.45, 2.75) is 6.18 Å². The first kappa shape index (κ1) is 17.4. The van der Waals surface area contributed by atoms with Gasteiger partial charge in [-0.3, -0.25) is 0 Å². The van der Waals surface area contributed by atoms with E-state index in [1.807, 2.05) is 0 Å². The van der Waals surface area contributed by atoms with Crippen molar-refractivity contribution >= 4 is 23.2 Å². The lowest BCUT2D eigenvalue weighted by atomic mass is 9.98. The zero-order chi connectivity index (χ0) is 18.4. The van der Waals surface area contributed by atoms with Gasteiger partial charge in [0.05, 0.1) is 21.2 Å². The molecule has 0 bridgehead atoms. The fourth-order valence-electron chi connectivity index (χ4n) is 2.33. The Labute approximate surface area is 149 Å². The minimum atomic E-state index is -4.82. The van der Waals surface area contributed by atoms with Gasteiger partial charge in [-0.2, -0.15) is 13.2 Å². The molecule has 0 unspecified atom stereocenters. The predicted octanol–water partition coefficient (Wildman–Crippen LogP) is 5.75. The summed E-state index contributed by atoms with van der Waals surface area (Å²) in [6.07, 6.45) is -4.82. The number of alkyl halides is 3. The standard InChI is InChI=1S/C16H8Cl2F3NO3/c17-10-3-1-2-9(13(10)18)12-14(25-22-15(12)16(19,20)21)8-5-4-7(23)6-11(8)24/h1-6,23-24H. The summed E-state index contributed by atoms with van der Waals surface area (Å²) in [6.45, 7) is 0. The molecule has 3 rings (SSSR count). The SMILES string of the molecule is Oc1ccc(-c2onc(C(F)(F)F)c2-c2cccc(Cl)c2Cl)c(O)c1. The van der Waals surface area contributed by atoms with Crippen molar-refractivity contribution in [2.24, 2.45) is 0 Å². The largest absolute Gasteiger partial charge is 0.508 e. The van der Waals surface area contributed by atoms with E-state index in [1.165, 1.54) is 30.3 Å². The molecular weight excluding hydrogens is 382 g/mol. The molecule has 0 saturated heterocycles. The van der Waals surface area contributed by atoms with Gasteiger partial charge in [0.15, 0.2) is 11.5 Å². The van der Waals surface area contributed by atoms with E-state index in [2.05, 4.69) is 5.16 Å². The molecule has 0 aliphatic carbocycles. The van der Waals surface area contributed by atoms with E-state index in [1.54, 1.807) is 0 Å². The Morgan fingerprint density at radius 3 is 2.36 bits per heavy atom. The Morgan fingerprint density at radius 2 is 1.72 bits per heavy atom. The normalized spacial score (nSPS) is 11.7. The Hall–Kier alpha value is -2.38. The topological polar surface area (TPSA) is 66.5 Å². The average Bonchev–Trinajstić information content (AvgIpc) is 2.94. The van der Waals surface area contributed by atoms with Crippen LogP contribution in [-0.2, 0) is 6.18 Å². The number of aromatic hydroxyl groups is 2. The van der Waals surface area contributed by atoms with Crippen LogP contribution in [0.5, 0.6) is 11.5 Å². The second kappa shape index (κ2) is 6.16. The highest BCUT2D eigenvalue weighted by atomic mass is 35.5. The third-order valence-electron chi connectivity index (χ3n) is 3.41. The number of hydrogen-bond donors (Lipinski definition) is 2. The van der Waals surface area contributed by atoms with Gasteiger partial charge in [-0.05, 0) is 18.2 Å². The van der Waals surface area contributed by atoms with Crippen molar-refractivity contribution in [3.63, 3.8) is 0 Å². The van der Waals surface area contributed by atoms with Gasteiger partial charge in [0.1, 0.15) is 11.5 Å². The van der Waals surface area contributed by atoms with Crippen LogP contribution in [0.3, 0.4) is 0 Å². The predicted molar refractivity (Wildman–Crippen MR) is 85.7 cm³/mol. The molecule has 130 valence electrons. The fourth-order valence-corrected chi connectivity index (χ4v) is 2.72. The summed E-state index contributed by atoms with van der Waals surface area (Å²) in [5.74, 6) is -1.10. The summed E-state index contributed by atoms with van der Waals surface area (Å²) in [5.41, 5.74) is -1.91. The van der Waals surface area contributed by atoms with Crippen LogP contribution < -0.4 is 0 Å². The summed E-state index contributed by atoms with van der Waals surface area (Å²) in [6, 6.07) is 7.54. The van der Waals surface area contributed by atoms with Crippen LogP contribution in [-0.4, -0.2) is 15.4 Å². The quantitative estimate of drug-likeness (QED) is 0.585. The van der Waals surface area contributed by atoms with Gasteiger partial charge in [-0.15, -0.1) is 0 Å². The second-order valence-corrected chi connectivity index (χ2v) is 5.82. The molecule has 9 heteroatoms. The highest BCUT2D eigenvalue weighted by molar-refractivity contribution is 6.43. The molecule has 0 saturated carbocycles. The lowest BCUT2D eigenvalue weighted by Gasteiger charge is -2.10. The van der Waals surface area contributed by atoms with E-state index >= 15 is 0 Å². The Kier molecular flexibility index (Phi) is 4.30. The summed E-state index contributed by atoms with van der Waals surface area (Å²) in [7, 11) is 0. The van der Waals surface area contributed by atoms with Crippen LogP contribution in [0.2, 0.25) is 10.0 Å². The summed E-state index contributed by atoms with van der Waals surface area (Å²) in [4.78, 5) is 0. The third kappa shape index (κ3) is 3.12. The number of halogens is 5. The van der Waals surface area contributed by atoms with Crippen LogP contribution in [0, 0.1) is 0 Å². The van der Waals surface area contributed by atoms with Crippen molar-refractivity contribution < 1.29 is 27.9 Å². The molecule has 0 radical (unpaired) electrons. The number of rotatable bonds is 2. The molecule has 0 aliphatic heterocycles. The number of aromatic nitrogens is 1. The van der Waals surface area contributed by atoms with Crippen molar-refractivity contribution in [1.29, 1.82) is 0 Å². The van der Waals surface area contributed by atoms with Crippen LogP contribution in [0.25, 0.3) is 22.5 Å². The number of phenols is 2. The third-order valence-corrected chi connectivity index (χ3v) is 4.23. The van der Waals surface area contributed by atoms with Crippen molar-refractivity contribution in [3.8, 4) is 33.9 Å². The van der Waals surface area contributed by atoms with Gasteiger partial charge in [-0.1, -0.05) is 40.5 Å². The van der Waals surface area contributed by atoms with Crippen LogP contribution in [0.15, 0.2) is 40.9 Å². The molecule has 2 aromatic carbocycles. The first-order valence-corrected chi connectivity index (χ1v) is 7.49. The molecule has 0 amide bonds. The van der Waals surface area contributed by atoms with Crippen molar-refractivity contribution in [3.05, 3.63) is 52.1 Å². The van der Waals surface area contributed by atoms with E-state index in [-0.39, 0.29) is 32.7 Å². The molecular formula is C16H8Cl2F3NO3. The number of phenolic OH excluding ortho intramolecular Hbond substituents is 2. The van der Waals surface area contributed by atoms with E-state index in [4.69, 9.17) is 27.7 Å².